The highest BCUT2D eigenvalue weighted by Gasteiger charge is 1.92. The molecule has 0 saturated carbocycles. The number of benzene rings is 1. The molecular formula is C10H12N2O. The fourth-order valence-corrected chi connectivity index (χ4v) is 0.996. The second kappa shape index (κ2) is 5.18. The van der Waals surface area contributed by atoms with Crippen molar-refractivity contribution >= 4 is 5.69 Å². The Hall–Kier alpha value is -1.53. The van der Waals surface area contributed by atoms with Crippen molar-refractivity contribution in [2.24, 2.45) is 0 Å². The first-order chi connectivity index (χ1) is 6.36. The summed E-state index contributed by atoms with van der Waals surface area (Å²) in [5.74, 6) is 0. The van der Waals surface area contributed by atoms with E-state index in [9.17, 15) is 0 Å². The summed E-state index contributed by atoms with van der Waals surface area (Å²) in [6, 6.07) is 9.46. The molecule has 1 aromatic rings. The Morgan fingerprint density at radius 2 is 2.38 bits per heavy atom. The summed E-state index contributed by atoms with van der Waals surface area (Å²) in [4.78, 5) is 0. The smallest absolute Gasteiger partial charge is 0.0992 e. The summed E-state index contributed by atoms with van der Waals surface area (Å²) in [6.07, 6.45) is 0. The fourth-order valence-electron chi connectivity index (χ4n) is 0.996. The highest BCUT2D eigenvalue weighted by molar-refractivity contribution is 5.48. The summed E-state index contributed by atoms with van der Waals surface area (Å²) in [6.45, 7) is 1.42. The Bertz CT molecular complexity index is 304. The van der Waals surface area contributed by atoms with Gasteiger partial charge in [0.1, 0.15) is 0 Å². The quantitative estimate of drug-likeness (QED) is 0.709. The molecule has 0 atom stereocenters. The van der Waals surface area contributed by atoms with Gasteiger partial charge in [0, 0.05) is 19.3 Å². The molecule has 1 N–H and O–H groups in total. The number of methoxy groups -OCH3 is 1. The minimum absolute atomic E-state index is 0.663. The number of nitrogens with one attached hydrogen (secondary N) is 1. The van der Waals surface area contributed by atoms with Crippen LogP contribution in [-0.2, 0) is 4.74 Å². The molecule has 0 bridgehead atoms. The van der Waals surface area contributed by atoms with Crippen LogP contribution in [0.1, 0.15) is 5.56 Å². The zero-order valence-electron chi connectivity index (χ0n) is 7.58. The second-order valence-electron chi connectivity index (χ2n) is 2.61. The Morgan fingerprint density at radius 3 is 3.08 bits per heavy atom. The van der Waals surface area contributed by atoms with E-state index in [0.717, 1.165) is 12.2 Å². The molecule has 3 heteroatoms. The molecule has 0 amide bonds. The van der Waals surface area contributed by atoms with Crippen LogP contribution in [0.3, 0.4) is 0 Å². The van der Waals surface area contributed by atoms with Gasteiger partial charge in [0.05, 0.1) is 18.2 Å². The maximum absolute atomic E-state index is 8.63. The van der Waals surface area contributed by atoms with Gasteiger partial charge in [-0.05, 0) is 18.2 Å². The molecule has 1 aromatic carbocycles. The maximum atomic E-state index is 8.63. The van der Waals surface area contributed by atoms with E-state index in [1.54, 1.807) is 13.2 Å². The zero-order valence-corrected chi connectivity index (χ0v) is 7.58. The summed E-state index contributed by atoms with van der Waals surface area (Å²) < 4.78 is 4.89. The van der Waals surface area contributed by atoms with Gasteiger partial charge in [0.2, 0.25) is 0 Å². The molecule has 0 radical (unpaired) electrons. The van der Waals surface area contributed by atoms with E-state index >= 15 is 0 Å². The van der Waals surface area contributed by atoms with E-state index in [1.807, 2.05) is 18.2 Å². The van der Waals surface area contributed by atoms with Crippen LogP contribution in [0.25, 0.3) is 0 Å². The van der Waals surface area contributed by atoms with E-state index in [-0.39, 0.29) is 0 Å². The van der Waals surface area contributed by atoms with Gasteiger partial charge in [-0.15, -0.1) is 0 Å². The van der Waals surface area contributed by atoms with Crippen molar-refractivity contribution in [1.29, 1.82) is 5.26 Å². The molecule has 0 unspecified atom stereocenters. The van der Waals surface area contributed by atoms with Crippen LogP contribution in [0, 0.1) is 11.3 Å². The topological polar surface area (TPSA) is 45.0 Å². The molecule has 3 nitrogen and oxygen atoms in total. The van der Waals surface area contributed by atoms with Gasteiger partial charge in [-0.1, -0.05) is 6.07 Å². The number of anilines is 1. The third kappa shape index (κ3) is 3.14. The molecule has 1 rings (SSSR count). The van der Waals surface area contributed by atoms with E-state index in [2.05, 4.69) is 11.4 Å². The molecule has 0 heterocycles. The first-order valence-electron chi connectivity index (χ1n) is 4.10. The lowest BCUT2D eigenvalue weighted by molar-refractivity contribution is 0.211. The zero-order chi connectivity index (χ0) is 9.52. The van der Waals surface area contributed by atoms with E-state index in [0.29, 0.717) is 12.2 Å². The highest BCUT2D eigenvalue weighted by Crippen LogP contribution is 2.08. The molecular weight excluding hydrogens is 164 g/mol. The average molecular weight is 176 g/mol. The van der Waals surface area contributed by atoms with Gasteiger partial charge in [-0.25, -0.2) is 0 Å². The predicted octanol–water partition coefficient (Wildman–Crippen LogP) is 1.62. The lowest BCUT2D eigenvalue weighted by Gasteiger charge is -2.04. The minimum atomic E-state index is 0.663. The van der Waals surface area contributed by atoms with Crippen LogP contribution in [0.5, 0.6) is 0 Å². The standard InChI is InChI=1S/C10H12N2O/c1-13-6-5-12-10-4-2-3-9(7-10)8-11/h2-4,7,12H,5-6H2,1H3. The van der Waals surface area contributed by atoms with Gasteiger partial charge < -0.3 is 10.1 Å². The highest BCUT2D eigenvalue weighted by atomic mass is 16.5. The van der Waals surface area contributed by atoms with E-state index in [4.69, 9.17) is 10.00 Å². The van der Waals surface area contributed by atoms with Gasteiger partial charge in [-0.3, -0.25) is 0 Å². The largest absolute Gasteiger partial charge is 0.383 e. The van der Waals surface area contributed by atoms with Crippen LogP contribution >= 0.6 is 0 Å². The minimum Gasteiger partial charge on any atom is -0.383 e. The van der Waals surface area contributed by atoms with Crippen LogP contribution in [0.4, 0.5) is 5.69 Å². The molecule has 0 aliphatic carbocycles. The fraction of sp³-hybridized carbons (Fsp3) is 0.300. The summed E-state index contributed by atoms with van der Waals surface area (Å²) in [7, 11) is 1.66. The Kier molecular flexibility index (Phi) is 3.80. The molecule has 68 valence electrons. The van der Waals surface area contributed by atoms with Crippen molar-refractivity contribution < 1.29 is 4.74 Å². The first kappa shape index (κ1) is 9.56. The van der Waals surface area contributed by atoms with Crippen molar-refractivity contribution in [2.75, 3.05) is 25.6 Å². The number of ether oxygens (including phenoxy) is 1. The normalized spacial score (nSPS) is 9.23. The second-order valence-corrected chi connectivity index (χ2v) is 2.61. The third-order valence-electron chi connectivity index (χ3n) is 1.63. The summed E-state index contributed by atoms with van der Waals surface area (Å²) in [5, 5.41) is 11.8. The molecule has 0 aliphatic heterocycles. The van der Waals surface area contributed by atoms with Crippen molar-refractivity contribution in [3.63, 3.8) is 0 Å². The van der Waals surface area contributed by atoms with E-state index in [1.165, 1.54) is 0 Å². The van der Waals surface area contributed by atoms with E-state index < -0.39 is 0 Å². The maximum Gasteiger partial charge on any atom is 0.0992 e. The molecule has 0 fully saturated rings. The third-order valence-corrected chi connectivity index (χ3v) is 1.63. The number of nitrogens with zero attached hydrogens (tertiary/aromatic N) is 1. The lowest BCUT2D eigenvalue weighted by atomic mass is 10.2. The van der Waals surface area contributed by atoms with Gasteiger partial charge >= 0.3 is 0 Å². The van der Waals surface area contributed by atoms with Gasteiger partial charge in [-0.2, -0.15) is 5.26 Å². The molecule has 0 saturated heterocycles. The average Bonchev–Trinajstić information content (AvgIpc) is 2.19. The van der Waals surface area contributed by atoms with Crippen molar-refractivity contribution in [2.45, 2.75) is 0 Å². The molecule has 0 spiro atoms. The SMILES string of the molecule is COCCNc1cccc(C#N)c1. The monoisotopic (exact) mass is 176 g/mol. The van der Waals surface area contributed by atoms with Gasteiger partial charge in [0.25, 0.3) is 0 Å². The van der Waals surface area contributed by atoms with Crippen molar-refractivity contribution in [1.82, 2.24) is 0 Å². The van der Waals surface area contributed by atoms with Crippen LogP contribution in [-0.4, -0.2) is 20.3 Å². The molecule has 0 aliphatic rings. The Balaban J connectivity index is 2.52. The molecule has 13 heavy (non-hydrogen) atoms. The van der Waals surface area contributed by atoms with Crippen LogP contribution in [0.2, 0.25) is 0 Å². The Labute approximate surface area is 77.9 Å². The first-order valence-corrected chi connectivity index (χ1v) is 4.10. The van der Waals surface area contributed by atoms with Crippen molar-refractivity contribution in [3.8, 4) is 6.07 Å². The number of hydrogen-bond donors (Lipinski definition) is 1. The number of rotatable bonds is 4. The molecule has 0 aromatic heterocycles. The lowest BCUT2D eigenvalue weighted by Crippen LogP contribution is -2.07. The van der Waals surface area contributed by atoms with Crippen LogP contribution in [0.15, 0.2) is 24.3 Å². The number of hydrogen-bond acceptors (Lipinski definition) is 3. The Morgan fingerprint density at radius 1 is 1.54 bits per heavy atom. The number of nitriles is 1. The predicted molar refractivity (Wildman–Crippen MR) is 51.5 cm³/mol. The van der Waals surface area contributed by atoms with Gasteiger partial charge in [0.15, 0.2) is 0 Å². The van der Waals surface area contributed by atoms with Crippen molar-refractivity contribution in [3.05, 3.63) is 29.8 Å². The summed E-state index contributed by atoms with van der Waals surface area (Å²) >= 11 is 0. The summed E-state index contributed by atoms with van der Waals surface area (Å²) in [5.41, 5.74) is 1.62. The van der Waals surface area contributed by atoms with Crippen LogP contribution < -0.4 is 5.32 Å².